The van der Waals surface area contributed by atoms with Crippen LogP contribution in [0.25, 0.3) is 22.3 Å². The maximum atomic E-state index is 12.3. The van der Waals surface area contributed by atoms with Gasteiger partial charge >= 0.3 is 5.97 Å². The van der Waals surface area contributed by atoms with Crippen molar-refractivity contribution in [1.82, 2.24) is 39.0 Å². The van der Waals surface area contributed by atoms with E-state index in [0.29, 0.717) is 34.3 Å². The van der Waals surface area contributed by atoms with Crippen molar-refractivity contribution in [2.45, 2.75) is 73.1 Å². The maximum absolute atomic E-state index is 12.3. The number of nitrogen functional groups attached to an aromatic ring is 2. The molecule has 2 unspecified atom stereocenters. The summed E-state index contributed by atoms with van der Waals surface area (Å²) in [5.41, 5.74) is 11.2. The highest BCUT2D eigenvalue weighted by molar-refractivity contribution is 5.89. The zero-order valence-electron chi connectivity index (χ0n) is 24.8. The fourth-order valence-electron chi connectivity index (χ4n) is 6.44. The average Bonchev–Trinajstić information content (AvgIpc) is 3.64. The van der Waals surface area contributed by atoms with Crippen LogP contribution in [-0.2, 0) is 14.2 Å². The number of nitrogens with two attached hydrogens (primary N) is 2. The lowest BCUT2D eigenvalue weighted by Crippen LogP contribution is -2.35. The van der Waals surface area contributed by atoms with Gasteiger partial charge in [0, 0.05) is 12.8 Å². The van der Waals surface area contributed by atoms with E-state index in [2.05, 4.69) is 29.9 Å². The fraction of sp³-hybridized carbons (Fsp3) is 0.414. The number of aliphatic hydroxyl groups is 5. The minimum Gasteiger partial charge on any atom is -0.455 e. The van der Waals surface area contributed by atoms with Crippen molar-refractivity contribution in [3.63, 3.8) is 0 Å². The quantitative estimate of drug-likeness (QED) is 0.104. The highest BCUT2D eigenvalue weighted by atomic mass is 16.6. The summed E-state index contributed by atoms with van der Waals surface area (Å²) >= 11 is 0. The van der Waals surface area contributed by atoms with Crippen molar-refractivity contribution in [2.75, 3.05) is 11.5 Å². The number of aliphatic hydroxyl groups excluding tert-OH is 5. The summed E-state index contributed by atoms with van der Waals surface area (Å²) in [7, 11) is 0. The normalized spacial score (nSPS) is 34.9. The second-order valence-corrected chi connectivity index (χ2v) is 12.1. The summed E-state index contributed by atoms with van der Waals surface area (Å²) < 4.78 is 20.1. The second-order valence-electron chi connectivity index (χ2n) is 12.1. The van der Waals surface area contributed by atoms with Crippen LogP contribution in [0.3, 0.4) is 0 Å². The molecule has 250 valence electrons. The van der Waals surface area contributed by atoms with Crippen molar-refractivity contribution in [1.29, 1.82) is 0 Å². The molecule has 19 nitrogen and oxygen atoms in total. The smallest absolute Gasteiger partial charge is 0.338 e. The standard InChI is InChI=1S/C18H17N5O5.C11H13N5O4/c19-14-11-15(21-7-20-14)23(8-22-11)16-12(24)13(25)18(28-16)6-10(18)27-17(26)9-4-2-1-3-5-9;12-8-5-9(14-2-13-8)16(3-15-5)10-6(18)7(19)11(20-10)1-4(11)17/h1-5,7-8,10,12-13,16,24-25H,6H2,(H2,19,20,21);2-4,6-7,10,17-19H,1H2,(H2,12,13,14)/t10-,12+,13?,16-,18-;4-,6+,7?,10-,11-/m11/s1. The fourth-order valence-corrected chi connectivity index (χ4v) is 6.44. The van der Waals surface area contributed by atoms with Gasteiger partial charge in [0.05, 0.1) is 24.3 Å². The lowest BCUT2D eigenvalue weighted by Gasteiger charge is -2.16. The minimum absolute atomic E-state index is 0.201. The van der Waals surface area contributed by atoms with E-state index >= 15 is 0 Å². The molecule has 2 saturated carbocycles. The van der Waals surface area contributed by atoms with Crippen LogP contribution in [0.5, 0.6) is 0 Å². The van der Waals surface area contributed by atoms with Crippen LogP contribution >= 0.6 is 0 Å². The molecule has 2 saturated heterocycles. The first-order valence-electron chi connectivity index (χ1n) is 14.9. The first-order valence-corrected chi connectivity index (χ1v) is 14.9. The third kappa shape index (κ3) is 4.51. The van der Waals surface area contributed by atoms with Crippen molar-refractivity contribution in [3.05, 3.63) is 61.2 Å². The molecule has 48 heavy (non-hydrogen) atoms. The molecule has 4 fully saturated rings. The summed E-state index contributed by atoms with van der Waals surface area (Å²) in [6, 6.07) is 8.55. The molecule has 9 rings (SSSR count). The molecule has 1 aromatic carbocycles. The van der Waals surface area contributed by atoms with Gasteiger partial charge in [-0.3, -0.25) is 9.13 Å². The van der Waals surface area contributed by atoms with Gasteiger partial charge in [0.15, 0.2) is 35.4 Å². The molecule has 2 aliphatic heterocycles. The van der Waals surface area contributed by atoms with Gasteiger partial charge in [-0.15, -0.1) is 0 Å². The first kappa shape index (κ1) is 30.4. The Labute approximate surface area is 269 Å². The number of imidazole rings is 2. The Morgan fingerprint density at radius 3 is 1.75 bits per heavy atom. The number of benzene rings is 1. The van der Waals surface area contributed by atoms with Crippen LogP contribution in [0.15, 0.2) is 55.6 Å². The molecular weight excluding hydrogens is 632 g/mol. The molecule has 9 N–H and O–H groups in total. The molecule has 0 bridgehead atoms. The van der Waals surface area contributed by atoms with Crippen LogP contribution in [0.2, 0.25) is 0 Å². The Hall–Kier alpha value is -4.89. The Balaban J connectivity index is 0.000000148. The molecule has 0 radical (unpaired) electrons. The molecule has 5 aromatic rings. The Morgan fingerprint density at radius 1 is 0.750 bits per heavy atom. The topological polar surface area (TPSA) is 285 Å². The van der Waals surface area contributed by atoms with Gasteiger partial charge in [-0.2, -0.15) is 0 Å². The lowest BCUT2D eigenvalue weighted by molar-refractivity contribution is -0.0669. The average molecular weight is 663 g/mol. The third-order valence-corrected chi connectivity index (χ3v) is 9.30. The van der Waals surface area contributed by atoms with Crippen LogP contribution in [0, 0.1) is 0 Å². The van der Waals surface area contributed by atoms with Crippen LogP contribution < -0.4 is 11.5 Å². The largest absolute Gasteiger partial charge is 0.455 e. The van der Waals surface area contributed by atoms with Gasteiger partial charge in [0.25, 0.3) is 0 Å². The van der Waals surface area contributed by atoms with E-state index in [9.17, 15) is 30.3 Å². The molecular formula is C29H30N10O9. The molecule has 2 spiro atoms. The maximum Gasteiger partial charge on any atom is 0.338 e. The number of aromatic nitrogens is 8. The second kappa shape index (κ2) is 10.8. The molecule has 10 atom stereocenters. The number of ether oxygens (including phenoxy) is 3. The summed E-state index contributed by atoms with van der Waals surface area (Å²) in [5, 5.41) is 50.9. The van der Waals surface area contributed by atoms with E-state index in [4.69, 9.17) is 25.7 Å². The molecule has 4 aromatic heterocycles. The summed E-state index contributed by atoms with van der Waals surface area (Å²) in [4.78, 5) is 36.4. The van der Waals surface area contributed by atoms with E-state index in [-0.39, 0.29) is 18.1 Å². The highest BCUT2D eigenvalue weighted by Crippen LogP contribution is 2.55. The van der Waals surface area contributed by atoms with Crippen molar-refractivity contribution in [2.24, 2.45) is 0 Å². The van der Waals surface area contributed by atoms with Gasteiger partial charge in [-0.1, -0.05) is 18.2 Å². The van der Waals surface area contributed by atoms with Gasteiger partial charge in [0.2, 0.25) is 0 Å². The molecule has 6 heterocycles. The van der Waals surface area contributed by atoms with Crippen LogP contribution in [0.4, 0.5) is 11.6 Å². The van der Waals surface area contributed by atoms with Crippen LogP contribution in [-0.4, -0.2) is 118 Å². The van der Waals surface area contributed by atoms with E-state index in [1.807, 2.05) is 0 Å². The predicted octanol–water partition coefficient (Wildman–Crippen LogP) is -1.81. The number of fused-ring (bicyclic) bond motifs is 2. The van der Waals surface area contributed by atoms with Crippen molar-refractivity contribution >= 4 is 39.9 Å². The predicted molar refractivity (Wildman–Crippen MR) is 160 cm³/mol. The highest BCUT2D eigenvalue weighted by Gasteiger charge is 2.71. The Kier molecular flexibility index (Phi) is 6.86. The lowest BCUT2D eigenvalue weighted by atomic mass is 10.1. The Morgan fingerprint density at radius 2 is 1.25 bits per heavy atom. The molecule has 4 aliphatic rings. The zero-order valence-corrected chi connectivity index (χ0v) is 24.8. The SMILES string of the molecule is Nc1ncnc2c1ncn2[C@@H]1O[C@@]2(C[C@H]2O)C(O)[C@@H]1O.Nc1ncnc2c1ncn2[C@@H]1O[C@@]2(C[C@H]2OC(=O)c2ccccc2)C(O)[C@@H]1O. The first-order chi connectivity index (χ1) is 23.1. The van der Waals surface area contributed by atoms with E-state index in [1.165, 1.54) is 34.4 Å². The summed E-state index contributed by atoms with van der Waals surface area (Å²) in [6.45, 7) is 0. The number of hydrogen-bond donors (Lipinski definition) is 7. The number of anilines is 2. The summed E-state index contributed by atoms with van der Waals surface area (Å²) in [5.74, 6) is -0.0830. The van der Waals surface area contributed by atoms with Gasteiger partial charge < -0.3 is 51.2 Å². The Bertz CT molecular complexity index is 2030. The van der Waals surface area contributed by atoms with E-state index < -0.39 is 66.3 Å². The number of nitrogens with zero attached hydrogens (tertiary/aromatic N) is 8. The van der Waals surface area contributed by atoms with Gasteiger partial charge in [-0.25, -0.2) is 34.7 Å². The number of carbonyl (C=O) groups is 1. The monoisotopic (exact) mass is 662 g/mol. The van der Waals surface area contributed by atoms with E-state index in [0.717, 1.165) is 0 Å². The van der Waals surface area contributed by atoms with E-state index in [1.54, 1.807) is 30.3 Å². The summed E-state index contributed by atoms with van der Waals surface area (Å²) in [6.07, 6.45) is -2.09. The van der Waals surface area contributed by atoms with Crippen molar-refractivity contribution < 1.29 is 44.5 Å². The number of rotatable bonds is 4. The van der Waals surface area contributed by atoms with Gasteiger partial charge in [-0.05, 0) is 12.1 Å². The van der Waals surface area contributed by atoms with Gasteiger partial charge in [0.1, 0.15) is 65.4 Å². The number of hydrogen-bond acceptors (Lipinski definition) is 17. The molecule has 0 amide bonds. The van der Waals surface area contributed by atoms with Crippen molar-refractivity contribution in [3.8, 4) is 0 Å². The number of esters is 1. The zero-order chi connectivity index (χ0) is 33.5. The minimum atomic E-state index is -1.26. The van der Waals surface area contributed by atoms with Crippen LogP contribution in [0.1, 0.15) is 35.7 Å². The molecule has 19 heteroatoms. The third-order valence-electron chi connectivity index (χ3n) is 9.30. The number of carbonyl (C=O) groups excluding carboxylic acids is 1. The molecule has 2 aliphatic carbocycles.